The molecular weight excluding hydrogens is 358 g/mol. The van der Waals surface area contributed by atoms with Gasteiger partial charge in [-0.2, -0.15) is 0 Å². The number of piperidine rings is 2. The molecule has 0 aliphatic carbocycles. The molecular formula is C21H29N3O4. The van der Waals surface area contributed by atoms with Crippen molar-refractivity contribution in [1.29, 1.82) is 0 Å². The van der Waals surface area contributed by atoms with Gasteiger partial charge in [0.1, 0.15) is 0 Å². The van der Waals surface area contributed by atoms with Crippen LogP contribution in [0.1, 0.15) is 39.0 Å². The maximum absolute atomic E-state index is 12.5. The summed E-state index contributed by atoms with van der Waals surface area (Å²) in [5.74, 6) is -1.92. The number of rotatable bonds is 4. The summed E-state index contributed by atoms with van der Waals surface area (Å²) >= 11 is 0. The fourth-order valence-electron chi connectivity index (χ4n) is 3.85. The van der Waals surface area contributed by atoms with E-state index in [1.165, 1.54) is 24.2 Å². The van der Waals surface area contributed by atoms with Crippen molar-refractivity contribution in [2.75, 3.05) is 43.0 Å². The van der Waals surface area contributed by atoms with E-state index in [2.05, 4.69) is 10.2 Å². The van der Waals surface area contributed by atoms with Gasteiger partial charge in [0.05, 0.1) is 12.5 Å². The molecule has 0 spiro atoms. The molecule has 1 N–H and O–H groups in total. The van der Waals surface area contributed by atoms with Crippen LogP contribution in [0.25, 0.3) is 0 Å². The van der Waals surface area contributed by atoms with E-state index >= 15 is 0 Å². The topological polar surface area (TPSA) is 78.9 Å². The SMILES string of the molecule is CCOC(=O)C1CCCN(C(=O)C(=O)Nc2ccc(N3CCCCC3)cc2)C1. The first-order valence-electron chi connectivity index (χ1n) is 10.2. The first-order valence-corrected chi connectivity index (χ1v) is 10.2. The van der Waals surface area contributed by atoms with Gasteiger partial charge in [-0.1, -0.05) is 0 Å². The van der Waals surface area contributed by atoms with Crippen LogP contribution in [-0.2, 0) is 19.1 Å². The molecule has 1 unspecified atom stereocenters. The predicted octanol–water partition coefficient (Wildman–Crippen LogP) is 2.42. The van der Waals surface area contributed by atoms with Crippen LogP contribution in [0.15, 0.2) is 24.3 Å². The van der Waals surface area contributed by atoms with Gasteiger partial charge >= 0.3 is 17.8 Å². The number of nitrogens with zero attached hydrogens (tertiary/aromatic N) is 2. The highest BCUT2D eigenvalue weighted by atomic mass is 16.5. The highest BCUT2D eigenvalue weighted by Gasteiger charge is 2.32. The molecule has 2 heterocycles. The molecule has 28 heavy (non-hydrogen) atoms. The molecule has 7 heteroatoms. The van der Waals surface area contributed by atoms with Crippen LogP contribution in [0, 0.1) is 5.92 Å². The summed E-state index contributed by atoms with van der Waals surface area (Å²) in [4.78, 5) is 40.6. The lowest BCUT2D eigenvalue weighted by molar-refractivity contribution is -0.153. The monoisotopic (exact) mass is 387 g/mol. The lowest BCUT2D eigenvalue weighted by Crippen LogP contribution is -2.47. The Bertz CT molecular complexity index is 698. The molecule has 2 saturated heterocycles. The summed E-state index contributed by atoms with van der Waals surface area (Å²) in [7, 11) is 0. The van der Waals surface area contributed by atoms with Crippen molar-refractivity contribution >= 4 is 29.2 Å². The van der Waals surface area contributed by atoms with Crippen LogP contribution in [-0.4, -0.2) is 55.5 Å². The Balaban J connectivity index is 1.54. The summed E-state index contributed by atoms with van der Waals surface area (Å²) in [6.45, 7) is 4.90. The zero-order valence-electron chi connectivity index (χ0n) is 16.5. The Morgan fingerprint density at radius 1 is 1.04 bits per heavy atom. The number of esters is 1. The molecule has 3 rings (SSSR count). The summed E-state index contributed by atoms with van der Waals surface area (Å²) in [5.41, 5.74) is 1.73. The molecule has 2 fully saturated rings. The van der Waals surface area contributed by atoms with Crippen LogP contribution < -0.4 is 10.2 Å². The normalized spacial score (nSPS) is 19.8. The Hall–Kier alpha value is -2.57. The molecule has 2 aliphatic rings. The lowest BCUT2D eigenvalue weighted by Gasteiger charge is -2.31. The van der Waals surface area contributed by atoms with E-state index in [-0.39, 0.29) is 18.4 Å². The lowest BCUT2D eigenvalue weighted by atomic mass is 9.98. The second-order valence-electron chi connectivity index (χ2n) is 7.39. The van der Waals surface area contributed by atoms with Gasteiger partial charge in [-0.15, -0.1) is 0 Å². The Morgan fingerprint density at radius 2 is 1.75 bits per heavy atom. The number of benzene rings is 1. The molecule has 0 aromatic heterocycles. The molecule has 0 saturated carbocycles. The molecule has 1 atom stereocenters. The van der Waals surface area contributed by atoms with E-state index < -0.39 is 11.8 Å². The third kappa shape index (κ3) is 5.03. The number of hydrogen-bond donors (Lipinski definition) is 1. The Kier molecular flexibility index (Phi) is 6.90. The average Bonchev–Trinajstić information content (AvgIpc) is 2.74. The molecule has 0 bridgehead atoms. The number of hydrogen-bond acceptors (Lipinski definition) is 5. The number of ether oxygens (including phenoxy) is 1. The van der Waals surface area contributed by atoms with E-state index in [4.69, 9.17) is 4.74 Å². The minimum Gasteiger partial charge on any atom is -0.466 e. The largest absolute Gasteiger partial charge is 0.466 e. The van der Waals surface area contributed by atoms with Gasteiger partial charge in [0.2, 0.25) is 0 Å². The second-order valence-corrected chi connectivity index (χ2v) is 7.39. The smallest absolute Gasteiger partial charge is 0.313 e. The number of nitrogens with one attached hydrogen (secondary N) is 1. The van der Waals surface area contributed by atoms with Crippen LogP contribution in [0.5, 0.6) is 0 Å². The third-order valence-electron chi connectivity index (χ3n) is 5.37. The molecule has 2 amide bonds. The quantitative estimate of drug-likeness (QED) is 0.634. The molecule has 1 aromatic rings. The summed E-state index contributed by atoms with van der Waals surface area (Å²) < 4.78 is 5.05. The highest BCUT2D eigenvalue weighted by molar-refractivity contribution is 6.39. The van der Waals surface area contributed by atoms with Crippen molar-refractivity contribution in [3.05, 3.63) is 24.3 Å². The number of likely N-dealkylation sites (tertiary alicyclic amines) is 1. The van der Waals surface area contributed by atoms with Crippen molar-refractivity contribution in [2.24, 2.45) is 5.92 Å². The third-order valence-corrected chi connectivity index (χ3v) is 5.37. The maximum Gasteiger partial charge on any atom is 0.313 e. The van der Waals surface area contributed by atoms with Gasteiger partial charge < -0.3 is 19.9 Å². The number of carbonyl (C=O) groups is 3. The fraction of sp³-hybridized carbons (Fsp3) is 0.571. The minimum atomic E-state index is -0.671. The van der Waals surface area contributed by atoms with Crippen molar-refractivity contribution in [3.63, 3.8) is 0 Å². The highest BCUT2D eigenvalue weighted by Crippen LogP contribution is 2.22. The van der Waals surface area contributed by atoms with E-state index in [1.54, 1.807) is 6.92 Å². The van der Waals surface area contributed by atoms with E-state index in [0.717, 1.165) is 18.8 Å². The van der Waals surface area contributed by atoms with Crippen LogP contribution in [0.3, 0.4) is 0 Å². The van der Waals surface area contributed by atoms with E-state index in [1.807, 2.05) is 24.3 Å². The molecule has 7 nitrogen and oxygen atoms in total. The summed E-state index contributed by atoms with van der Waals surface area (Å²) in [6.07, 6.45) is 5.06. The summed E-state index contributed by atoms with van der Waals surface area (Å²) in [6, 6.07) is 7.60. The van der Waals surface area contributed by atoms with Crippen LogP contribution in [0.2, 0.25) is 0 Å². The predicted molar refractivity (Wildman–Crippen MR) is 107 cm³/mol. The van der Waals surface area contributed by atoms with Gasteiger partial charge in [-0.25, -0.2) is 0 Å². The van der Waals surface area contributed by atoms with Gasteiger partial charge in [-0.05, 0) is 63.3 Å². The van der Waals surface area contributed by atoms with Gasteiger partial charge in [0.25, 0.3) is 0 Å². The van der Waals surface area contributed by atoms with E-state index in [9.17, 15) is 14.4 Å². The molecule has 2 aliphatic heterocycles. The van der Waals surface area contributed by atoms with Crippen molar-refractivity contribution in [3.8, 4) is 0 Å². The van der Waals surface area contributed by atoms with Crippen LogP contribution in [0.4, 0.5) is 11.4 Å². The molecule has 152 valence electrons. The van der Waals surface area contributed by atoms with Crippen molar-refractivity contribution in [1.82, 2.24) is 4.90 Å². The standard InChI is InChI=1S/C21H29N3O4/c1-2-28-21(27)16-7-6-14-24(15-16)20(26)19(25)22-17-8-10-18(11-9-17)23-12-4-3-5-13-23/h8-11,16H,2-7,12-15H2,1H3,(H,22,25). The number of carbonyl (C=O) groups excluding carboxylic acids is 3. The molecule has 1 aromatic carbocycles. The summed E-state index contributed by atoms with van der Waals surface area (Å²) in [5, 5.41) is 2.67. The van der Waals surface area contributed by atoms with Crippen LogP contribution >= 0.6 is 0 Å². The average molecular weight is 387 g/mol. The maximum atomic E-state index is 12.5. The van der Waals surface area contributed by atoms with Crippen molar-refractivity contribution in [2.45, 2.75) is 39.0 Å². The Labute approximate surface area is 166 Å². The Morgan fingerprint density at radius 3 is 2.43 bits per heavy atom. The van der Waals surface area contributed by atoms with Gasteiger partial charge in [0.15, 0.2) is 0 Å². The van der Waals surface area contributed by atoms with E-state index in [0.29, 0.717) is 31.7 Å². The minimum absolute atomic E-state index is 0.235. The zero-order valence-corrected chi connectivity index (χ0v) is 16.5. The second kappa shape index (κ2) is 9.57. The first-order chi connectivity index (χ1) is 13.6. The number of amides is 2. The first kappa shape index (κ1) is 20.2. The van der Waals surface area contributed by atoms with Crippen molar-refractivity contribution < 1.29 is 19.1 Å². The number of anilines is 2. The zero-order chi connectivity index (χ0) is 19.9. The van der Waals surface area contributed by atoms with Gasteiger partial charge in [-0.3, -0.25) is 14.4 Å². The van der Waals surface area contributed by atoms with Gasteiger partial charge in [0, 0.05) is 37.6 Å². The fourth-order valence-corrected chi connectivity index (χ4v) is 3.85. The molecule has 0 radical (unpaired) electrons.